The molecule has 5 heterocycles. The highest BCUT2D eigenvalue weighted by Crippen LogP contribution is 2.38. The van der Waals surface area contributed by atoms with E-state index in [1.54, 1.807) is 16.7 Å². The van der Waals surface area contributed by atoms with Crippen molar-refractivity contribution < 1.29 is 9.13 Å². The number of hydrogen-bond acceptors (Lipinski definition) is 4. The lowest BCUT2D eigenvalue weighted by atomic mass is 9.85. The monoisotopic (exact) mass is 366 g/mol. The Hall–Kier alpha value is -2.31. The summed E-state index contributed by atoms with van der Waals surface area (Å²) in [5.74, 6) is 0.221. The molecule has 0 amide bonds. The van der Waals surface area contributed by atoms with Gasteiger partial charge in [0.2, 0.25) is 0 Å². The molecule has 1 N–H and O–H groups in total. The Morgan fingerprint density at radius 1 is 1.22 bits per heavy atom. The van der Waals surface area contributed by atoms with E-state index < -0.39 is 0 Å². The number of piperidine rings is 1. The van der Waals surface area contributed by atoms with Crippen LogP contribution in [0, 0.1) is 11.7 Å². The second kappa shape index (κ2) is 6.69. The Balaban J connectivity index is 1.37. The SMILES string of the molecule is Fc1ccc2ncc(-c3cccc(CC4COC5(CCNCC5)C4)n3)n2c1. The molecular weight excluding hydrogens is 343 g/mol. The van der Waals surface area contributed by atoms with Gasteiger partial charge in [0.05, 0.1) is 29.8 Å². The van der Waals surface area contributed by atoms with Crippen molar-refractivity contribution in [1.29, 1.82) is 0 Å². The first-order valence-electron chi connectivity index (χ1n) is 9.64. The van der Waals surface area contributed by atoms with Gasteiger partial charge in [0.1, 0.15) is 11.5 Å². The van der Waals surface area contributed by atoms with Crippen LogP contribution < -0.4 is 5.32 Å². The number of hydrogen-bond donors (Lipinski definition) is 1. The summed E-state index contributed by atoms with van der Waals surface area (Å²) in [5, 5.41) is 3.41. The Kier molecular flexibility index (Phi) is 4.17. The van der Waals surface area contributed by atoms with Crippen molar-refractivity contribution in [1.82, 2.24) is 19.7 Å². The standard InChI is InChI=1S/C21H23FN4O/c22-16-4-5-20-24-12-19(26(20)13-16)18-3-1-2-17(25-18)10-15-11-21(27-14-15)6-8-23-9-7-21/h1-5,12-13,15,23H,6-11,14H2. The van der Waals surface area contributed by atoms with Gasteiger partial charge in [-0.3, -0.25) is 9.38 Å². The van der Waals surface area contributed by atoms with E-state index in [1.165, 1.54) is 12.3 Å². The van der Waals surface area contributed by atoms with Crippen molar-refractivity contribution >= 4 is 5.65 Å². The maximum atomic E-state index is 13.6. The second-order valence-corrected chi connectivity index (χ2v) is 7.75. The average molecular weight is 366 g/mol. The number of nitrogens with zero attached hydrogens (tertiary/aromatic N) is 3. The van der Waals surface area contributed by atoms with Crippen molar-refractivity contribution in [3.8, 4) is 11.4 Å². The van der Waals surface area contributed by atoms with Crippen molar-refractivity contribution in [2.75, 3.05) is 19.7 Å². The largest absolute Gasteiger partial charge is 0.375 e. The lowest BCUT2D eigenvalue weighted by molar-refractivity contribution is -0.0196. The molecule has 140 valence electrons. The molecule has 0 saturated carbocycles. The van der Waals surface area contributed by atoms with Gasteiger partial charge < -0.3 is 10.1 Å². The summed E-state index contributed by atoms with van der Waals surface area (Å²) in [6.45, 7) is 2.91. The van der Waals surface area contributed by atoms with Gasteiger partial charge in [-0.15, -0.1) is 0 Å². The topological polar surface area (TPSA) is 51.5 Å². The van der Waals surface area contributed by atoms with Gasteiger partial charge in [-0.2, -0.15) is 0 Å². The van der Waals surface area contributed by atoms with Gasteiger partial charge in [0.25, 0.3) is 0 Å². The molecule has 1 spiro atoms. The summed E-state index contributed by atoms with van der Waals surface area (Å²) in [6, 6.07) is 9.15. The van der Waals surface area contributed by atoms with E-state index in [0.29, 0.717) is 5.92 Å². The minimum Gasteiger partial charge on any atom is -0.375 e. The van der Waals surface area contributed by atoms with Crippen LogP contribution in [0.5, 0.6) is 0 Å². The molecule has 2 saturated heterocycles. The highest BCUT2D eigenvalue weighted by atomic mass is 19.1. The maximum Gasteiger partial charge on any atom is 0.139 e. The number of aromatic nitrogens is 3. The maximum absolute atomic E-state index is 13.6. The molecule has 5 rings (SSSR count). The van der Waals surface area contributed by atoms with Crippen LogP contribution >= 0.6 is 0 Å². The molecule has 0 bridgehead atoms. The molecule has 2 aliphatic rings. The van der Waals surface area contributed by atoms with Crippen LogP contribution in [-0.2, 0) is 11.2 Å². The fourth-order valence-corrected chi connectivity index (χ4v) is 4.48. The Bertz CT molecular complexity index is 964. The molecule has 2 aliphatic heterocycles. The van der Waals surface area contributed by atoms with Gasteiger partial charge in [-0.05, 0) is 69.0 Å². The first-order chi connectivity index (χ1) is 13.2. The summed E-state index contributed by atoms with van der Waals surface area (Å²) in [5.41, 5.74) is 3.48. The first kappa shape index (κ1) is 16.8. The normalized spacial score (nSPS) is 21.9. The molecule has 1 atom stereocenters. The molecule has 0 aromatic carbocycles. The highest BCUT2D eigenvalue weighted by molar-refractivity contribution is 5.60. The zero-order chi connectivity index (χ0) is 18.3. The zero-order valence-corrected chi connectivity index (χ0v) is 15.2. The van der Waals surface area contributed by atoms with Crippen molar-refractivity contribution in [3.63, 3.8) is 0 Å². The number of imidazole rings is 1. The zero-order valence-electron chi connectivity index (χ0n) is 15.2. The van der Waals surface area contributed by atoms with Gasteiger partial charge >= 0.3 is 0 Å². The predicted molar refractivity (Wildman–Crippen MR) is 101 cm³/mol. The van der Waals surface area contributed by atoms with Crippen LogP contribution in [-0.4, -0.2) is 39.7 Å². The summed E-state index contributed by atoms with van der Waals surface area (Å²) in [7, 11) is 0. The molecule has 0 radical (unpaired) electrons. The number of fused-ring (bicyclic) bond motifs is 1. The predicted octanol–water partition coefficient (Wildman–Crippen LogP) is 3.24. The number of nitrogens with one attached hydrogen (secondary N) is 1. The molecule has 3 aromatic heterocycles. The molecule has 5 nitrogen and oxygen atoms in total. The number of rotatable bonds is 3. The quantitative estimate of drug-likeness (QED) is 0.773. The van der Waals surface area contributed by atoms with E-state index in [1.807, 2.05) is 12.1 Å². The summed E-state index contributed by atoms with van der Waals surface area (Å²) in [6.07, 6.45) is 7.44. The summed E-state index contributed by atoms with van der Waals surface area (Å²) < 4.78 is 21.6. The Morgan fingerprint density at radius 3 is 3.00 bits per heavy atom. The number of pyridine rings is 2. The molecule has 6 heteroatoms. The molecule has 0 aliphatic carbocycles. The van der Waals surface area contributed by atoms with Gasteiger partial charge in [0.15, 0.2) is 0 Å². The van der Waals surface area contributed by atoms with Crippen molar-refractivity contribution in [3.05, 3.63) is 54.2 Å². The fourth-order valence-electron chi connectivity index (χ4n) is 4.48. The number of halogens is 1. The summed E-state index contributed by atoms with van der Waals surface area (Å²) >= 11 is 0. The van der Waals surface area contributed by atoms with E-state index in [0.717, 1.165) is 68.1 Å². The average Bonchev–Trinajstić information content (AvgIpc) is 3.27. The van der Waals surface area contributed by atoms with Crippen molar-refractivity contribution in [2.45, 2.75) is 31.3 Å². The van der Waals surface area contributed by atoms with Gasteiger partial charge in [0, 0.05) is 11.9 Å². The third-order valence-electron chi connectivity index (χ3n) is 5.84. The highest BCUT2D eigenvalue weighted by Gasteiger charge is 2.41. The molecular formula is C21H23FN4O. The van der Waals surface area contributed by atoms with Crippen molar-refractivity contribution in [2.24, 2.45) is 5.92 Å². The fraction of sp³-hybridized carbons (Fsp3) is 0.429. The summed E-state index contributed by atoms with van der Waals surface area (Å²) in [4.78, 5) is 9.20. The molecule has 2 fully saturated rings. The lowest BCUT2D eigenvalue weighted by Crippen LogP contribution is -2.41. The van der Waals surface area contributed by atoms with E-state index in [9.17, 15) is 4.39 Å². The molecule has 3 aromatic rings. The van der Waals surface area contributed by atoms with E-state index in [4.69, 9.17) is 9.72 Å². The van der Waals surface area contributed by atoms with E-state index >= 15 is 0 Å². The third kappa shape index (κ3) is 3.24. The van der Waals surface area contributed by atoms with E-state index in [2.05, 4.69) is 16.4 Å². The van der Waals surface area contributed by atoms with Crippen LogP contribution in [0.3, 0.4) is 0 Å². The third-order valence-corrected chi connectivity index (χ3v) is 5.84. The minimum atomic E-state index is -0.284. The van der Waals surface area contributed by atoms with Crippen LogP contribution in [0.15, 0.2) is 42.7 Å². The van der Waals surface area contributed by atoms with Gasteiger partial charge in [-0.1, -0.05) is 6.07 Å². The minimum absolute atomic E-state index is 0.0761. The first-order valence-corrected chi connectivity index (χ1v) is 9.64. The second-order valence-electron chi connectivity index (χ2n) is 7.75. The van der Waals surface area contributed by atoms with Crippen LogP contribution in [0.2, 0.25) is 0 Å². The number of ether oxygens (including phenoxy) is 1. The smallest absolute Gasteiger partial charge is 0.139 e. The van der Waals surface area contributed by atoms with Crippen LogP contribution in [0.25, 0.3) is 17.0 Å². The lowest BCUT2D eigenvalue weighted by Gasteiger charge is -2.33. The Morgan fingerprint density at radius 2 is 2.11 bits per heavy atom. The van der Waals surface area contributed by atoms with Gasteiger partial charge in [-0.25, -0.2) is 9.37 Å². The van der Waals surface area contributed by atoms with E-state index in [-0.39, 0.29) is 11.4 Å². The molecule has 1 unspecified atom stereocenters. The van der Waals surface area contributed by atoms with Crippen LogP contribution in [0.4, 0.5) is 4.39 Å². The molecule has 27 heavy (non-hydrogen) atoms. The Labute approximate surface area is 157 Å². The van der Waals surface area contributed by atoms with Crippen LogP contribution in [0.1, 0.15) is 25.0 Å².